The summed E-state index contributed by atoms with van der Waals surface area (Å²) >= 11 is 0. The highest BCUT2D eigenvalue weighted by molar-refractivity contribution is 6.28. The van der Waals surface area contributed by atoms with Gasteiger partial charge in [-0.3, -0.25) is 9.13 Å². The largest absolute Gasteiger partial charge is 0.309 e. The highest BCUT2D eigenvalue weighted by Gasteiger charge is 2.27. The Hall–Kier alpha value is -15.5. The first-order valence-corrected chi connectivity index (χ1v) is 38.1. The molecule has 0 aliphatic rings. The van der Waals surface area contributed by atoms with Crippen molar-refractivity contribution in [2.24, 2.45) is 0 Å². The minimum atomic E-state index is 0.564. The van der Waals surface area contributed by atoms with Crippen molar-refractivity contribution in [2.45, 2.75) is 0 Å². The van der Waals surface area contributed by atoms with Gasteiger partial charge in [-0.05, 0) is 107 Å². The Balaban J connectivity index is 0.000000138. The molecule has 0 radical (unpaired) electrons. The molecule has 16 aromatic carbocycles. The number of para-hydroxylation sites is 7. The lowest BCUT2D eigenvalue weighted by molar-refractivity contribution is 0.953. The van der Waals surface area contributed by atoms with Crippen molar-refractivity contribution in [3.05, 3.63) is 394 Å². The van der Waals surface area contributed by atoms with E-state index < -0.39 is 0 Å². The van der Waals surface area contributed by atoms with Crippen molar-refractivity contribution in [1.82, 2.24) is 52.7 Å². The number of nitrogens with zero attached hydrogens (tertiary/aromatic N) is 11. The van der Waals surface area contributed by atoms with E-state index in [1.165, 1.54) is 60.1 Å². The average molecular weight is 1440 g/mol. The van der Waals surface area contributed by atoms with Crippen molar-refractivity contribution in [1.29, 1.82) is 0 Å². The van der Waals surface area contributed by atoms with Gasteiger partial charge in [0.25, 0.3) is 0 Å². The molecule has 0 aliphatic heterocycles. The zero-order valence-corrected chi connectivity index (χ0v) is 60.9. The lowest BCUT2D eigenvalue weighted by Gasteiger charge is -2.13. The quantitative estimate of drug-likeness (QED) is 0.128. The van der Waals surface area contributed by atoms with Gasteiger partial charge in [-0.25, -0.2) is 9.97 Å². The highest BCUT2D eigenvalue weighted by atomic mass is 15.2. The first kappa shape index (κ1) is 64.7. The van der Waals surface area contributed by atoms with Gasteiger partial charge in [0.05, 0.1) is 55.2 Å². The Morgan fingerprint density at radius 2 is 0.425 bits per heavy atom. The summed E-state index contributed by atoms with van der Waals surface area (Å²) < 4.78 is 11.6. The normalized spacial score (nSPS) is 11.7. The van der Waals surface area contributed by atoms with Gasteiger partial charge in [0.15, 0.2) is 23.3 Å². The van der Waals surface area contributed by atoms with Crippen molar-refractivity contribution in [3.63, 3.8) is 0 Å². The number of hydrogen-bond acceptors (Lipinski definition) is 6. The lowest BCUT2D eigenvalue weighted by Crippen LogP contribution is -2.06. The smallest absolute Gasteiger partial charge is 0.238 e. The highest BCUT2D eigenvalue weighted by Crippen LogP contribution is 2.45. The number of rotatable bonds is 11. The molecule has 0 aliphatic carbocycles. The van der Waals surface area contributed by atoms with E-state index in [2.05, 4.69) is 338 Å². The Bertz CT molecular complexity index is 7520. The van der Waals surface area contributed by atoms with E-state index in [0.29, 0.717) is 35.2 Å². The van der Waals surface area contributed by atoms with Gasteiger partial charge in [-0.1, -0.05) is 309 Å². The zero-order valence-electron chi connectivity index (χ0n) is 60.9. The Morgan fingerprint density at radius 1 is 0.150 bits per heavy atom. The molecule has 0 saturated carbocycles. The molecule has 7 aromatic heterocycles. The summed E-state index contributed by atoms with van der Waals surface area (Å²) in [6.07, 6.45) is 0. The minimum Gasteiger partial charge on any atom is -0.309 e. The molecule has 23 rings (SSSR count). The van der Waals surface area contributed by atoms with Crippen LogP contribution in [0.15, 0.2) is 394 Å². The molecular formula is C102H65N11. The van der Waals surface area contributed by atoms with E-state index in [4.69, 9.17) is 29.9 Å². The van der Waals surface area contributed by atoms with Crippen LogP contribution in [0.4, 0.5) is 0 Å². The summed E-state index contributed by atoms with van der Waals surface area (Å²) in [5.74, 6) is 3.62. The topological polar surface area (TPSA) is 102 Å². The second-order valence-electron chi connectivity index (χ2n) is 28.5. The summed E-state index contributed by atoms with van der Waals surface area (Å²) in [6.45, 7) is 0. The maximum absolute atomic E-state index is 5.35. The fraction of sp³-hybridized carbons (Fsp3) is 0. The van der Waals surface area contributed by atoms with Crippen molar-refractivity contribution >= 4 is 109 Å². The van der Waals surface area contributed by atoms with Crippen LogP contribution in [0.25, 0.3) is 206 Å². The standard InChI is InChI=1S/C51H32N6.C51H33N5/c1-3-16-33(17-4-1)49-52-50(34-18-15-21-36(32-34)55-42-26-11-7-22-37(42)38-23-8-12-27-43(38)55)54-51(53-49)57-45-29-14-10-25-41(45)47-46(57)31-30-40-39-24-9-13-28-44(39)56(48(40)47)35-19-5-2-6-20-35;1-4-14-34(15-5-1)35-24-26-36(27-25-35)37-28-30-40(31-29-37)55-44-22-12-10-20-41(44)42-32-33-46-47(48(42)55)43-21-11-13-23-45(43)56(46)51-53-49(38-16-6-2-7-17-38)52-50(54-51)39-18-8-3-9-19-39/h1-32H;1-33H. The molecule has 0 bridgehead atoms. The number of benzene rings is 16. The third kappa shape index (κ3) is 10.8. The van der Waals surface area contributed by atoms with Crippen LogP contribution in [0, 0.1) is 0 Å². The van der Waals surface area contributed by atoms with E-state index in [9.17, 15) is 0 Å². The van der Waals surface area contributed by atoms with E-state index >= 15 is 0 Å². The lowest BCUT2D eigenvalue weighted by atomic mass is 10.0. The van der Waals surface area contributed by atoms with Gasteiger partial charge in [-0.2, -0.15) is 19.9 Å². The Morgan fingerprint density at radius 3 is 0.823 bits per heavy atom. The first-order chi connectivity index (χ1) is 56.1. The van der Waals surface area contributed by atoms with E-state index in [-0.39, 0.29) is 0 Å². The Kier molecular flexibility index (Phi) is 15.3. The number of aromatic nitrogens is 11. The molecule has 11 heteroatoms. The van der Waals surface area contributed by atoms with Gasteiger partial charge >= 0.3 is 0 Å². The van der Waals surface area contributed by atoms with Gasteiger partial charge in [0.2, 0.25) is 11.9 Å². The molecular weight excluding hydrogens is 1380 g/mol. The van der Waals surface area contributed by atoms with Crippen LogP contribution in [0.1, 0.15) is 0 Å². The van der Waals surface area contributed by atoms with Crippen LogP contribution in [-0.4, -0.2) is 52.7 Å². The van der Waals surface area contributed by atoms with Gasteiger partial charge in [0, 0.05) is 93.2 Å². The number of fused-ring (bicyclic) bond motifs is 17. The molecule has 0 unspecified atom stereocenters. The maximum Gasteiger partial charge on any atom is 0.238 e. The van der Waals surface area contributed by atoms with Crippen LogP contribution < -0.4 is 0 Å². The third-order valence-corrected chi connectivity index (χ3v) is 22.1. The van der Waals surface area contributed by atoms with Gasteiger partial charge in [0.1, 0.15) is 0 Å². The maximum atomic E-state index is 5.35. The molecule has 528 valence electrons. The van der Waals surface area contributed by atoms with Crippen LogP contribution in [-0.2, 0) is 0 Å². The summed E-state index contributed by atoms with van der Waals surface area (Å²) in [5.41, 5.74) is 22.8. The third-order valence-electron chi connectivity index (χ3n) is 22.1. The van der Waals surface area contributed by atoms with Gasteiger partial charge in [-0.15, -0.1) is 0 Å². The predicted molar refractivity (Wildman–Crippen MR) is 464 cm³/mol. The molecule has 0 fully saturated rings. The fourth-order valence-electron chi connectivity index (χ4n) is 17.0. The van der Waals surface area contributed by atoms with Gasteiger partial charge < -0.3 is 13.7 Å². The van der Waals surface area contributed by atoms with E-state index in [1.54, 1.807) is 0 Å². The second kappa shape index (κ2) is 26.7. The second-order valence-corrected chi connectivity index (χ2v) is 28.5. The number of hydrogen-bond donors (Lipinski definition) is 0. The monoisotopic (exact) mass is 1440 g/mol. The molecule has 0 atom stereocenters. The average Bonchev–Trinajstić information content (AvgIpc) is 1.55. The summed E-state index contributed by atoms with van der Waals surface area (Å²) in [6, 6.07) is 139. The fourth-order valence-corrected chi connectivity index (χ4v) is 17.0. The van der Waals surface area contributed by atoms with Crippen molar-refractivity contribution < 1.29 is 0 Å². The van der Waals surface area contributed by atoms with Crippen molar-refractivity contribution in [2.75, 3.05) is 0 Å². The molecule has 7 heterocycles. The van der Waals surface area contributed by atoms with E-state index in [1.807, 2.05) is 78.9 Å². The molecule has 0 amide bonds. The molecule has 113 heavy (non-hydrogen) atoms. The SMILES string of the molecule is c1ccc(-c2ccc(-c3ccc(-n4c5ccccc5c5ccc6c(c7ccccc7n6-c6nc(-c7ccccc7)nc(-c7ccccc7)n6)c54)cc3)cc2)cc1.c1ccc(-c2nc(-c3cccc(-n4c5ccccc5c5ccccc54)c3)nc(-n3c4ccccc4c4c3ccc3c5ccccc5n(-c5ccccc5)c34)n2)cc1. The molecule has 0 saturated heterocycles. The zero-order chi connectivity index (χ0) is 74.5. The van der Waals surface area contributed by atoms with Crippen LogP contribution >= 0.6 is 0 Å². The van der Waals surface area contributed by atoms with E-state index in [0.717, 1.165) is 111 Å². The Labute approximate surface area is 648 Å². The van der Waals surface area contributed by atoms with Crippen LogP contribution in [0.3, 0.4) is 0 Å². The first-order valence-electron chi connectivity index (χ1n) is 38.1. The predicted octanol–water partition coefficient (Wildman–Crippen LogP) is 25.2. The molecule has 11 nitrogen and oxygen atoms in total. The van der Waals surface area contributed by atoms with Crippen LogP contribution in [0.2, 0.25) is 0 Å². The summed E-state index contributed by atoms with van der Waals surface area (Å²) in [5, 5.41) is 11.8. The molecule has 23 aromatic rings. The minimum absolute atomic E-state index is 0.564. The summed E-state index contributed by atoms with van der Waals surface area (Å²) in [7, 11) is 0. The van der Waals surface area contributed by atoms with Crippen LogP contribution in [0.5, 0.6) is 0 Å². The summed E-state index contributed by atoms with van der Waals surface area (Å²) in [4.78, 5) is 31.1. The molecule has 0 spiro atoms. The molecule has 0 N–H and O–H groups in total. The van der Waals surface area contributed by atoms with Crippen molar-refractivity contribution in [3.8, 4) is 96.8 Å².